The fourth-order valence-corrected chi connectivity index (χ4v) is 1.28. The lowest BCUT2D eigenvalue weighted by Gasteiger charge is -2.02. The predicted octanol–water partition coefficient (Wildman–Crippen LogP) is 0.995. The summed E-state index contributed by atoms with van der Waals surface area (Å²) in [6.07, 6.45) is 2.66. The van der Waals surface area contributed by atoms with E-state index in [1.54, 1.807) is 12.1 Å². The number of aromatic nitrogens is 2. The summed E-state index contributed by atoms with van der Waals surface area (Å²) in [6.45, 7) is 0. The van der Waals surface area contributed by atoms with Crippen LogP contribution >= 0.6 is 0 Å². The molecule has 0 spiro atoms. The third-order valence-corrected chi connectivity index (χ3v) is 2.08. The van der Waals surface area contributed by atoms with Crippen LogP contribution in [-0.4, -0.2) is 20.9 Å². The Hall–Kier alpha value is -2.43. The third-order valence-electron chi connectivity index (χ3n) is 2.08. The first-order valence-corrected chi connectivity index (χ1v) is 4.58. The average molecular weight is 215 g/mol. The molecule has 5 nitrogen and oxygen atoms in total. The number of hydrogen-bond acceptors (Lipinski definition) is 5. The van der Waals surface area contributed by atoms with E-state index in [-0.39, 0.29) is 28.6 Å². The van der Waals surface area contributed by atoms with Gasteiger partial charge in [-0.25, -0.2) is 9.97 Å². The number of aromatic hydroxyl groups is 1. The SMILES string of the molecule is Nc1ncc(C(=O)c2ccccc2O)cn1. The maximum absolute atomic E-state index is 11.9. The van der Waals surface area contributed by atoms with Crippen LogP contribution in [0.1, 0.15) is 15.9 Å². The van der Waals surface area contributed by atoms with Gasteiger partial charge in [0.25, 0.3) is 0 Å². The largest absolute Gasteiger partial charge is 0.507 e. The van der Waals surface area contributed by atoms with Crippen LogP contribution in [0.2, 0.25) is 0 Å². The molecule has 0 saturated carbocycles. The van der Waals surface area contributed by atoms with Gasteiger partial charge >= 0.3 is 0 Å². The van der Waals surface area contributed by atoms with Crippen molar-refractivity contribution in [2.75, 3.05) is 5.73 Å². The highest BCUT2D eigenvalue weighted by atomic mass is 16.3. The fourth-order valence-electron chi connectivity index (χ4n) is 1.28. The van der Waals surface area contributed by atoms with Crippen LogP contribution < -0.4 is 5.73 Å². The second-order valence-electron chi connectivity index (χ2n) is 3.18. The van der Waals surface area contributed by atoms with Gasteiger partial charge in [0.2, 0.25) is 5.95 Å². The number of carbonyl (C=O) groups excluding carboxylic acids is 1. The van der Waals surface area contributed by atoms with Crippen molar-refractivity contribution in [3.8, 4) is 5.75 Å². The van der Waals surface area contributed by atoms with Gasteiger partial charge in [-0.1, -0.05) is 12.1 Å². The molecule has 1 heterocycles. The monoisotopic (exact) mass is 215 g/mol. The Balaban J connectivity index is 2.40. The molecule has 0 fully saturated rings. The van der Waals surface area contributed by atoms with Crippen LogP contribution in [0.3, 0.4) is 0 Å². The van der Waals surface area contributed by atoms with E-state index in [4.69, 9.17) is 5.73 Å². The van der Waals surface area contributed by atoms with E-state index in [0.29, 0.717) is 0 Å². The summed E-state index contributed by atoms with van der Waals surface area (Å²) in [4.78, 5) is 19.3. The molecule has 0 amide bonds. The average Bonchev–Trinajstić information content (AvgIpc) is 2.30. The zero-order valence-corrected chi connectivity index (χ0v) is 8.29. The Morgan fingerprint density at radius 3 is 2.44 bits per heavy atom. The topological polar surface area (TPSA) is 89.1 Å². The Kier molecular flexibility index (Phi) is 2.51. The van der Waals surface area contributed by atoms with E-state index >= 15 is 0 Å². The number of nitrogen functional groups attached to an aromatic ring is 1. The van der Waals surface area contributed by atoms with Crippen molar-refractivity contribution in [3.05, 3.63) is 47.8 Å². The van der Waals surface area contributed by atoms with Gasteiger partial charge in [-0.15, -0.1) is 0 Å². The van der Waals surface area contributed by atoms with Gasteiger partial charge in [0.1, 0.15) is 5.75 Å². The number of carbonyl (C=O) groups is 1. The first-order chi connectivity index (χ1) is 7.68. The van der Waals surface area contributed by atoms with Crippen molar-refractivity contribution in [2.45, 2.75) is 0 Å². The van der Waals surface area contributed by atoms with Gasteiger partial charge in [-0.3, -0.25) is 4.79 Å². The minimum absolute atomic E-state index is 0.0654. The number of phenols is 1. The summed E-state index contributed by atoms with van der Waals surface area (Å²) in [5, 5.41) is 9.51. The molecule has 2 rings (SSSR count). The van der Waals surface area contributed by atoms with Gasteiger partial charge in [-0.2, -0.15) is 0 Å². The molecule has 0 unspecified atom stereocenters. The molecule has 1 aromatic heterocycles. The molecule has 16 heavy (non-hydrogen) atoms. The molecule has 5 heteroatoms. The summed E-state index contributed by atoms with van der Waals surface area (Å²) < 4.78 is 0. The number of benzene rings is 1. The van der Waals surface area contributed by atoms with Crippen LogP contribution in [0.4, 0.5) is 5.95 Å². The lowest BCUT2D eigenvalue weighted by atomic mass is 10.1. The molecule has 80 valence electrons. The lowest BCUT2D eigenvalue weighted by Crippen LogP contribution is -2.04. The highest BCUT2D eigenvalue weighted by Crippen LogP contribution is 2.19. The zero-order chi connectivity index (χ0) is 11.5. The molecule has 0 aliphatic rings. The molecule has 0 atom stereocenters. The van der Waals surface area contributed by atoms with Crippen LogP contribution in [0.15, 0.2) is 36.7 Å². The predicted molar refractivity (Wildman–Crippen MR) is 58.0 cm³/mol. The number of rotatable bonds is 2. The van der Waals surface area contributed by atoms with E-state index in [2.05, 4.69) is 9.97 Å². The molecule has 0 aliphatic carbocycles. The van der Waals surface area contributed by atoms with Crippen molar-refractivity contribution >= 4 is 11.7 Å². The maximum Gasteiger partial charge on any atom is 0.219 e. The normalized spacial score (nSPS) is 10.0. The van der Waals surface area contributed by atoms with Crippen LogP contribution in [0.5, 0.6) is 5.75 Å². The Bertz CT molecular complexity index is 523. The molecular weight excluding hydrogens is 206 g/mol. The van der Waals surface area contributed by atoms with Gasteiger partial charge < -0.3 is 10.8 Å². The van der Waals surface area contributed by atoms with Crippen LogP contribution in [0.25, 0.3) is 0 Å². The first kappa shape index (κ1) is 10.1. The highest BCUT2D eigenvalue weighted by Gasteiger charge is 2.13. The van der Waals surface area contributed by atoms with E-state index in [1.165, 1.54) is 24.5 Å². The maximum atomic E-state index is 11.9. The van der Waals surface area contributed by atoms with Gasteiger partial charge in [0.15, 0.2) is 5.78 Å². The minimum atomic E-state index is -0.335. The van der Waals surface area contributed by atoms with Gasteiger partial charge in [0, 0.05) is 12.4 Å². The molecule has 0 bridgehead atoms. The second-order valence-corrected chi connectivity index (χ2v) is 3.18. The number of para-hydroxylation sites is 1. The fraction of sp³-hybridized carbons (Fsp3) is 0. The molecule has 3 N–H and O–H groups in total. The lowest BCUT2D eigenvalue weighted by molar-refractivity contribution is 0.103. The number of ketones is 1. The number of nitrogens with zero attached hydrogens (tertiary/aromatic N) is 2. The smallest absolute Gasteiger partial charge is 0.219 e. The summed E-state index contributed by atoms with van der Waals surface area (Å²) in [5.41, 5.74) is 5.82. The number of phenolic OH excluding ortho intramolecular Hbond substituents is 1. The van der Waals surface area contributed by atoms with Crippen molar-refractivity contribution in [1.82, 2.24) is 9.97 Å². The second kappa shape index (κ2) is 3.98. The Labute approximate surface area is 91.6 Å². The number of hydrogen-bond donors (Lipinski definition) is 2. The van der Waals surface area contributed by atoms with Crippen molar-refractivity contribution in [1.29, 1.82) is 0 Å². The van der Waals surface area contributed by atoms with Crippen molar-refractivity contribution < 1.29 is 9.90 Å². The van der Waals surface area contributed by atoms with Crippen molar-refractivity contribution in [3.63, 3.8) is 0 Å². The molecule has 1 aromatic carbocycles. The highest BCUT2D eigenvalue weighted by molar-refractivity contribution is 6.10. The third kappa shape index (κ3) is 1.83. The van der Waals surface area contributed by atoms with Crippen LogP contribution in [0, 0.1) is 0 Å². The quantitative estimate of drug-likeness (QED) is 0.729. The standard InChI is InChI=1S/C11H9N3O2/c12-11-13-5-7(6-14-11)10(16)8-3-1-2-4-9(8)15/h1-6,15H,(H2,12,13,14). The number of nitrogens with two attached hydrogens (primary N) is 1. The molecule has 0 aliphatic heterocycles. The van der Waals surface area contributed by atoms with Crippen LogP contribution in [-0.2, 0) is 0 Å². The van der Waals surface area contributed by atoms with E-state index < -0.39 is 0 Å². The Morgan fingerprint density at radius 1 is 1.19 bits per heavy atom. The van der Waals surface area contributed by atoms with Gasteiger partial charge in [0.05, 0.1) is 11.1 Å². The Morgan fingerprint density at radius 2 is 1.81 bits per heavy atom. The van der Waals surface area contributed by atoms with E-state index in [9.17, 15) is 9.90 Å². The van der Waals surface area contributed by atoms with E-state index in [0.717, 1.165) is 0 Å². The zero-order valence-electron chi connectivity index (χ0n) is 8.29. The summed E-state index contributed by atoms with van der Waals surface area (Å²) in [5.74, 6) is -0.295. The van der Waals surface area contributed by atoms with E-state index in [1.807, 2.05) is 0 Å². The summed E-state index contributed by atoms with van der Waals surface area (Å²) >= 11 is 0. The molecule has 0 saturated heterocycles. The first-order valence-electron chi connectivity index (χ1n) is 4.58. The minimum Gasteiger partial charge on any atom is -0.507 e. The summed E-state index contributed by atoms with van der Waals surface area (Å²) in [7, 11) is 0. The summed E-state index contributed by atoms with van der Waals surface area (Å²) in [6, 6.07) is 6.30. The molecular formula is C11H9N3O2. The van der Waals surface area contributed by atoms with Crippen molar-refractivity contribution in [2.24, 2.45) is 0 Å². The van der Waals surface area contributed by atoms with Gasteiger partial charge in [-0.05, 0) is 12.1 Å². The molecule has 2 aromatic rings. The number of anilines is 1. The molecule has 0 radical (unpaired) electrons.